The van der Waals surface area contributed by atoms with Crippen LogP contribution in [0.1, 0.15) is 245 Å². The average Bonchev–Trinajstić information content (AvgIpc) is 3.34. The molecule has 0 aromatic heterocycles. The molecule has 416 valence electrons. The second-order valence-corrected chi connectivity index (χ2v) is 22.4. The van der Waals surface area contributed by atoms with Gasteiger partial charge in [0.05, 0.1) is 39.9 Å². The highest BCUT2D eigenvalue weighted by Gasteiger charge is 2.23. The van der Waals surface area contributed by atoms with Crippen molar-refractivity contribution in [3.63, 3.8) is 0 Å². The number of aliphatic hydroxyl groups excluding tert-OH is 1. The number of likely N-dealkylation sites (N-methyl/N-ethyl adjacent to an activating group) is 1. The molecule has 0 aromatic rings. The van der Waals surface area contributed by atoms with Crippen molar-refractivity contribution in [2.75, 3.05) is 40.9 Å². The molecule has 0 bridgehead atoms. The molecule has 0 heterocycles. The van der Waals surface area contributed by atoms with E-state index in [0.717, 1.165) is 83.5 Å². The zero-order valence-electron chi connectivity index (χ0n) is 47.4. The van der Waals surface area contributed by atoms with Crippen molar-refractivity contribution < 1.29 is 32.9 Å². The van der Waals surface area contributed by atoms with Gasteiger partial charge in [-0.1, -0.05) is 259 Å². The highest BCUT2D eigenvalue weighted by atomic mass is 31.2. The van der Waals surface area contributed by atoms with Gasteiger partial charge < -0.3 is 28.8 Å². The van der Waals surface area contributed by atoms with E-state index < -0.39 is 20.0 Å². The number of nitrogens with one attached hydrogen (secondary N) is 1. The van der Waals surface area contributed by atoms with Crippen molar-refractivity contribution in [3.05, 3.63) is 97.2 Å². The first-order valence-corrected chi connectivity index (χ1v) is 31.1. The predicted molar refractivity (Wildman–Crippen MR) is 311 cm³/mol. The largest absolute Gasteiger partial charge is 0.756 e. The third-order valence-electron chi connectivity index (χ3n) is 12.8. The van der Waals surface area contributed by atoms with Crippen LogP contribution in [-0.2, 0) is 18.4 Å². The van der Waals surface area contributed by atoms with E-state index in [-0.39, 0.29) is 19.1 Å². The van der Waals surface area contributed by atoms with Crippen LogP contribution in [0.4, 0.5) is 0 Å². The quantitative estimate of drug-likeness (QED) is 0.0272. The maximum Gasteiger partial charge on any atom is 0.268 e. The number of hydrogen-bond donors (Lipinski definition) is 2. The number of hydrogen-bond acceptors (Lipinski definition) is 6. The number of rotatable bonds is 53. The summed E-state index contributed by atoms with van der Waals surface area (Å²) in [7, 11) is 1.25. The van der Waals surface area contributed by atoms with E-state index in [1.54, 1.807) is 6.08 Å². The Bertz CT molecular complexity index is 1490. The number of phosphoric ester groups is 1. The lowest BCUT2D eigenvalue weighted by molar-refractivity contribution is -0.870. The number of aliphatic hydroxyl groups is 1. The molecule has 0 radical (unpaired) electrons. The molecule has 0 aliphatic heterocycles. The van der Waals surface area contributed by atoms with E-state index >= 15 is 0 Å². The minimum Gasteiger partial charge on any atom is -0.756 e. The Labute approximate surface area is 445 Å². The fourth-order valence-corrected chi connectivity index (χ4v) is 8.92. The van der Waals surface area contributed by atoms with Gasteiger partial charge in [0.2, 0.25) is 5.91 Å². The Morgan fingerprint density at radius 3 is 1.24 bits per heavy atom. The zero-order chi connectivity index (χ0) is 52.7. The van der Waals surface area contributed by atoms with Crippen LogP contribution in [0.3, 0.4) is 0 Å². The molecule has 3 unspecified atom stereocenters. The number of unbranched alkanes of at least 4 members (excludes halogenated alkanes) is 26. The third-order valence-corrected chi connectivity index (χ3v) is 13.8. The van der Waals surface area contributed by atoms with Gasteiger partial charge in [-0.05, 0) is 77.0 Å². The number of phosphoric acid groups is 1. The van der Waals surface area contributed by atoms with E-state index in [9.17, 15) is 19.4 Å². The van der Waals surface area contributed by atoms with Crippen molar-refractivity contribution in [2.24, 2.45) is 0 Å². The summed E-state index contributed by atoms with van der Waals surface area (Å²) in [6.45, 7) is 4.53. The van der Waals surface area contributed by atoms with Crippen LogP contribution in [0.5, 0.6) is 0 Å². The van der Waals surface area contributed by atoms with E-state index in [4.69, 9.17) is 9.05 Å². The molecule has 0 aliphatic carbocycles. The number of quaternary nitrogens is 1. The Morgan fingerprint density at radius 2 is 0.847 bits per heavy atom. The van der Waals surface area contributed by atoms with Crippen LogP contribution in [0.15, 0.2) is 97.2 Å². The first kappa shape index (κ1) is 69.4. The molecule has 3 atom stereocenters. The van der Waals surface area contributed by atoms with E-state index in [2.05, 4.69) is 104 Å². The van der Waals surface area contributed by atoms with E-state index in [0.29, 0.717) is 17.4 Å². The summed E-state index contributed by atoms with van der Waals surface area (Å²) in [6, 6.07) is -0.892. The molecule has 0 fully saturated rings. The van der Waals surface area contributed by atoms with E-state index in [1.807, 2.05) is 27.2 Å². The van der Waals surface area contributed by atoms with Gasteiger partial charge in [0.15, 0.2) is 0 Å². The maximum atomic E-state index is 13.0. The first-order valence-electron chi connectivity index (χ1n) is 29.6. The van der Waals surface area contributed by atoms with Gasteiger partial charge in [0.25, 0.3) is 7.82 Å². The zero-order valence-corrected chi connectivity index (χ0v) is 48.2. The summed E-state index contributed by atoms with van der Waals surface area (Å²) >= 11 is 0. The van der Waals surface area contributed by atoms with Crippen LogP contribution in [0.2, 0.25) is 0 Å². The van der Waals surface area contributed by atoms with Crippen LogP contribution in [-0.4, -0.2) is 68.5 Å². The number of amides is 1. The molecular formula is C63H113N2O6P. The van der Waals surface area contributed by atoms with Crippen LogP contribution >= 0.6 is 7.82 Å². The minimum absolute atomic E-state index is 0.00429. The standard InChI is InChI=1S/C63H113N2O6P/c1-6-8-10-12-14-16-18-20-22-23-24-25-26-27-28-29-30-31-32-33-34-35-36-37-38-39-40-41-43-45-47-49-51-53-55-57-63(67)64-61(60-71-72(68,69)70-59-58-65(3,4)5)62(66)56-54-52-50-48-46-44-42-21-19-17-15-13-11-9-7-2/h8,10,14,16,20,22,24-25,27-28,30-31,33-34,54,56,61-62,66H,6-7,9,11-13,15,17-19,21,23,26,29,32,35-53,55,57-60H2,1-5H3,(H-,64,67,68,69)/b10-8-,16-14-,22-20-,25-24-,28-27-,31-30-,34-33-,56-54+. The Balaban J connectivity index is 4.10. The monoisotopic (exact) mass is 1020 g/mol. The lowest BCUT2D eigenvalue weighted by Gasteiger charge is -2.29. The van der Waals surface area contributed by atoms with Gasteiger partial charge in [-0.25, -0.2) is 0 Å². The highest BCUT2D eigenvalue weighted by molar-refractivity contribution is 7.45. The summed E-state index contributed by atoms with van der Waals surface area (Å²) in [6.07, 6.45) is 76.3. The van der Waals surface area contributed by atoms with Crippen molar-refractivity contribution >= 4 is 13.7 Å². The average molecular weight is 1030 g/mol. The molecule has 72 heavy (non-hydrogen) atoms. The molecule has 0 rings (SSSR count). The number of allylic oxidation sites excluding steroid dienone is 15. The molecule has 2 N–H and O–H groups in total. The Kier molecular flexibility index (Phi) is 51.3. The lowest BCUT2D eigenvalue weighted by atomic mass is 10.0. The van der Waals surface area contributed by atoms with Crippen molar-refractivity contribution in [1.29, 1.82) is 0 Å². The first-order chi connectivity index (χ1) is 35.0. The smallest absolute Gasteiger partial charge is 0.268 e. The normalized spacial score (nSPS) is 14.6. The molecule has 8 nitrogen and oxygen atoms in total. The van der Waals surface area contributed by atoms with Crippen LogP contribution < -0.4 is 10.2 Å². The van der Waals surface area contributed by atoms with Crippen molar-refractivity contribution in [1.82, 2.24) is 5.32 Å². The third kappa shape index (κ3) is 55.2. The number of carbonyl (C=O) groups is 1. The summed E-state index contributed by atoms with van der Waals surface area (Å²) in [5, 5.41) is 13.9. The molecule has 0 spiro atoms. The summed E-state index contributed by atoms with van der Waals surface area (Å²) in [5.41, 5.74) is 0. The molecule has 1 amide bonds. The van der Waals surface area contributed by atoms with Crippen molar-refractivity contribution in [3.8, 4) is 0 Å². The van der Waals surface area contributed by atoms with Gasteiger partial charge in [-0.2, -0.15) is 0 Å². The Morgan fingerprint density at radius 1 is 0.500 bits per heavy atom. The summed E-state index contributed by atoms with van der Waals surface area (Å²) in [4.78, 5) is 25.5. The minimum atomic E-state index is -4.60. The van der Waals surface area contributed by atoms with Crippen LogP contribution in [0.25, 0.3) is 0 Å². The van der Waals surface area contributed by atoms with Crippen molar-refractivity contribution in [2.45, 2.75) is 257 Å². The van der Waals surface area contributed by atoms with Gasteiger partial charge in [-0.15, -0.1) is 0 Å². The molecule has 0 aromatic carbocycles. The van der Waals surface area contributed by atoms with E-state index in [1.165, 1.54) is 141 Å². The molecular weight excluding hydrogens is 912 g/mol. The summed E-state index contributed by atoms with van der Waals surface area (Å²) in [5.74, 6) is -0.201. The second-order valence-electron chi connectivity index (χ2n) is 21.0. The lowest BCUT2D eigenvalue weighted by Crippen LogP contribution is -2.45. The molecule has 9 heteroatoms. The fraction of sp³-hybridized carbons (Fsp3) is 0.730. The molecule has 0 aliphatic rings. The highest BCUT2D eigenvalue weighted by Crippen LogP contribution is 2.38. The Hall–Kier alpha value is -2.58. The SMILES string of the molecule is CC/C=C\C/C=C\C/C=C\C/C=C\C/C=C\C/C=C\C/C=C\CCCCCCCCCCCCCCCC(=O)NC(COP(=O)([O-])OCC[N+](C)(C)C)C(O)/C=C/CCCCCCCCCCCCCCC. The summed E-state index contributed by atoms with van der Waals surface area (Å²) < 4.78 is 23.3. The number of nitrogens with zero attached hydrogens (tertiary/aromatic N) is 1. The molecule has 0 saturated carbocycles. The van der Waals surface area contributed by atoms with Gasteiger partial charge in [0.1, 0.15) is 13.2 Å². The second kappa shape index (κ2) is 53.3. The molecule has 0 saturated heterocycles. The van der Waals surface area contributed by atoms with Crippen LogP contribution in [0, 0.1) is 0 Å². The van der Waals surface area contributed by atoms with Gasteiger partial charge in [0, 0.05) is 6.42 Å². The fourth-order valence-electron chi connectivity index (χ4n) is 8.19. The predicted octanol–water partition coefficient (Wildman–Crippen LogP) is 17.6. The van der Waals surface area contributed by atoms with Gasteiger partial charge in [-0.3, -0.25) is 9.36 Å². The topological polar surface area (TPSA) is 108 Å². The van der Waals surface area contributed by atoms with Gasteiger partial charge >= 0.3 is 0 Å². The number of carbonyl (C=O) groups excluding carboxylic acids is 1. The maximum absolute atomic E-state index is 13.0.